The standard InChI is InChI=1S/C6H14Ge.2ClH/c1-3-5-7-6-4-2;;/h3-6H2,1-2H3;2*1H/q+2;;/p-2. The Kier molecular flexibility index (Phi) is 29.6. The first kappa shape index (κ1) is 16.6. The summed E-state index contributed by atoms with van der Waals surface area (Å²) in [7, 11) is 0. The van der Waals surface area contributed by atoms with Gasteiger partial charge in [0, 0.05) is 0 Å². The van der Waals surface area contributed by atoms with Crippen LogP contribution in [0, 0.1) is 0 Å². The molecule has 0 fully saturated rings. The average molecular weight is 230 g/mol. The Hall–Kier alpha value is 1.12. The SMILES string of the molecule is CC[CH2][Ge+2][CH2]CC.[Cl-].[Cl-]. The van der Waals surface area contributed by atoms with Crippen molar-refractivity contribution in [3.8, 4) is 0 Å². The van der Waals surface area contributed by atoms with Crippen molar-refractivity contribution in [2.75, 3.05) is 0 Å². The van der Waals surface area contributed by atoms with E-state index in [1.54, 1.807) is 10.5 Å². The van der Waals surface area contributed by atoms with Gasteiger partial charge in [0.05, 0.1) is 0 Å². The van der Waals surface area contributed by atoms with Crippen LogP contribution < -0.4 is 24.8 Å². The fraction of sp³-hybridized carbons (Fsp3) is 1.00. The molecular formula is C6H14Cl2Ge. The zero-order valence-electron chi connectivity index (χ0n) is 6.08. The van der Waals surface area contributed by atoms with Crippen molar-refractivity contribution in [3.05, 3.63) is 0 Å². The van der Waals surface area contributed by atoms with Crippen molar-refractivity contribution < 1.29 is 24.8 Å². The summed E-state index contributed by atoms with van der Waals surface area (Å²) in [6, 6.07) is 0. The number of hydrogen-bond acceptors (Lipinski definition) is 0. The first-order valence-corrected chi connectivity index (χ1v) is 6.09. The third-order valence-corrected chi connectivity index (χ3v) is 4.44. The van der Waals surface area contributed by atoms with E-state index in [9.17, 15) is 0 Å². The van der Waals surface area contributed by atoms with Crippen LogP contribution in [0.4, 0.5) is 0 Å². The van der Waals surface area contributed by atoms with Crippen LogP contribution in [0.5, 0.6) is 0 Å². The zero-order valence-corrected chi connectivity index (χ0v) is 9.69. The molecule has 0 heterocycles. The average Bonchev–Trinajstić information content (AvgIpc) is 1.69. The molecule has 0 aliphatic heterocycles. The van der Waals surface area contributed by atoms with Gasteiger partial charge in [-0.2, -0.15) is 0 Å². The molecule has 0 aromatic carbocycles. The second-order valence-electron chi connectivity index (χ2n) is 1.75. The summed E-state index contributed by atoms with van der Waals surface area (Å²) >= 11 is 0.514. The Bertz CT molecular complexity index is 30.2. The maximum absolute atomic E-state index is 2.28. The van der Waals surface area contributed by atoms with Crippen LogP contribution in [0.1, 0.15) is 26.7 Å². The van der Waals surface area contributed by atoms with E-state index in [4.69, 9.17) is 0 Å². The van der Waals surface area contributed by atoms with Gasteiger partial charge in [-0.3, -0.25) is 0 Å². The third kappa shape index (κ3) is 17.6. The molecule has 0 amide bonds. The summed E-state index contributed by atoms with van der Waals surface area (Å²) in [5.41, 5.74) is 0. The molecule has 0 N–H and O–H groups in total. The maximum Gasteiger partial charge on any atom is -1.00 e. The molecule has 0 bridgehead atoms. The van der Waals surface area contributed by atoms with Crippen LogP contribution in [0.3, 0.4) is 0 Å². The van der Waals surface area contributed by atoms with Gasteiger partial charge >= 0.3 is 52.6 Å². The van der Waals surface area contributed by atoms with Crippen molar-refractivity contribution in [1.29, 1.82) is 0 Å². The Morgan fingerprint density at radius 3 is 1.44 bits per heavy atom. The van der Waals surface area contributed by atoms with E-state index in [2.05, 4.69) is 13.8 Å². The van der Waals surface area contributed by atoms with Gasteiger partial charge in [-0.15, -0.1) is 0 Å². The fourth-order valence-electron chi connectivity index (χ4n) is 0.479. The van der Waals surface area contributed by atoms with E-state index < -0.39 is 0 Å². The Balaban J connectivity index is -0.000000180. The molecule has 0 rings (SSSR count). The Morgan fingerprint density at radius 2 is 1.22 bits per heavy atom. The van der Waals surface area contributed by atoms with Crippen LogP contribution in [0.2, 0.25) is 10.5 Å². The van der Waals surface area contributed by atoms with E-state index in [1.165, 1.54) is 12.8 Å². The van der Waals surface area contributed by atoms with Gasteiger partial charge in [-0.25, -0.2) is 0 Å². The fourth-order valence-corrected chi connectivity index (χ4v) is 2.49. The molecule has 56 valence electrons. The monoisotopic (exact) mass is 230 g/mol. The zero-order chi connectivity index (χ0) is 5.54. The van der Waals surface area contributed by atoms with Gasteiger partial charge in [0.25, 0.3) is 0 Å². The second-order valence-corrected chi connectivity index (χ2v) is 4.90. The normalized spacial score (nSPS) is 6.44. The van der Waals surface area contributed by atoms with E-state index in [1.807, 2.05) is 0 Å². The summed E-state index contributed by atoms with van der Waals surface area (Å²) in [5.74, 6) is 0. The summed E-state index contributed by atoms with van der Waals surface area (Å²) in [6.07, 6.45) is 2.83. The first-order chi connectivity index (χ1) is 3.41. The molecule has 0 aromatic heterocycles. The first-order valence-electron chi connectivity index (χ1n) is 3.12. The molecular weight excluding hydrogens is 216 g/mol. The summed E-state index contributed by atoms with van der Waals surface area (Å²) in [5, 5.41) is 3.10. The van der Waals surface area contributed by atoms with Crippen molar-refractivity contribution in [2.45, 2.75) is 37.2 Å². The third-order valence-electron chi connectivity index (χ3n) is 0.854. The van der Waals surface area contributed by atoms with Gasteiger partial charge in [0.15, 0.2) is 0 Å². The summed E-state index contributed by atoms with van der Waals surface area (Å²) < 4.78 is 0. The van der Waals surface area contributed by atoms with Crippen molar-refractivity contribution in [1.82, 2.24) is 0 Å². The molecule has 0 saturated heterocycles. The second kappa shape index (κ2) is 16.1. The largest absolute Gasteiger partial charge is 1.00 e. The van der Waals surface area contributed by atoms with Gasteiger partial charge in [-0.05, 0) is 0 Å². The molecule has 0 aromatic rings. The molecule has 0 atom stereocenters. The van der Waals surface area contributed by atoms with Crippen LogP contribution >= 0.6 is 0 Å². The topological polar surface area (TPSA) is 0 Å². The van der Waals surface area contributed by atoms with Gasteiger partial charge in [0.2, 0.25) is 0 Å². The van der Waals surface area contributed by atoms with Crippen LogP contribution in [-0.2, 0) is 0 Å². The number of halogens is 2. The smallest absolute Gasteiger partial charge is 1.00 e. The van der Waals surface area contributed by atoms with E-state index in [0.29, 0.717) is 15.4 Å². The molecule has 0 nitrogen and oxygen atoms in total. The minimum Gasteiger partial charge on any atom is -1.00 e. The van der Waals surface area contributed by atoms with E-state index >= 15 is 0 Å². The van der Waals surface area contributed by atoms with E-state index in [0.717, 1.165) is 0 Å². The predicted octanol–water partition coefficient (Wildman–Crippen LogP) is -3.64. The van der Waals surface area contributed by atoms with E-state index in [-0.39, 0.29) is 24.8 Å². The van der Waals surface area contributed by atoms with Crippen LogP contribution in [0.25, 0.3) is 0 Å². The van der Waals surface area contributed by atoms with Crippen molar-refractivity contribution >= 4 is 15.4 Å². The van der Waals surface area contributed by atoms with Gasteiger partial charge in [-0.1, -0.05) is 0 Å². The van der Waals surface area contributed by atoms with Crippen molar-refractivity contribution in [3.63, 3.8) is 0 Å². The molecule has 0 aliphatic rings. The Labute approximate surface area is 77.5 Å². The summed E-state index contributed by atoms with van der Waals surface area (Å²) in [6.45, 7) is 4.55. The quantitative estimate of drug-likeness (QED) is 0.345. The number of hydrogen-bond donors (Lipinski definition) is 0. The summed E-state index contributed by atoms with van der Waals surface area (Å²) in [4.78, 5) is 0. The van der Waals surface area contributed by atoms with Gasteiger partial charge < -0.3 is 24.8 Å². The minimum absolute atomic E-state index is 0. The van der Waals surface area contributed by atoms with Crippen molar-refractivity contribution in [2.24, 2.45) is 0 Å². The number of rotatable bonds is 4. The Morgan fingerprint density at radius 1 is 0.889 bits per heavy atom. The molecule has 0 radical (unpaired) electrons. The van der Waals surface area contributed by atoms with Crippen LogP contribution in [0.15, 0.2) is 0 Å². The predicted molar refractivity (Wildman–Crippen MR) is 35.9 cm³/mol. The molecule has 3 heteroatoms. The molecule has 0 aliphatic carbocycles. The van der Waals surface area contributed by atoms with Crippen LogP contribution in [-0.4, -0.2) is 15.4 Å². The van der Waals surface area contributed by atoms with Gasteiger partial charge in [0.1, 0.15) is 0 Å². The molecule has 0 unspecified atom stereocenters. The molecule has 0 saturated carbocycles. The maximum atomic E-state index is 2.28. The minimum atomic E-state index is 0. The molecule has 0 spiro atoms. The molecule has 9 heavy (non-hydrogen) atoms.